The van der Waals surface area contributed by atoms with Crippen LogP contribution in [0.15, 0.2) is 44.6 Å². The number of hydrogen-bond donors (Lipinski definition) is 5. The highest BCUT2D eigenvalue weighted by Gasteiger charge is 2.46. The zero-order valence-electron chi connectivity index (χ0n) is 17.7. The average molecular weight is 553 g/mol. The summed E-state index contributed by atoms with van der Waals surface area (Å²) < 4.78 is 56.3. The molecule has 36 heavy (non-hydrogen) atoms. The molecule has 0 aliphatic carbocycles. The minimum absolute atomic E-state index is 0.0463. The van der Waals surface area contributed by atoms with Crippen LogP contribution in [0.5, 0.6) is 0 Å². The van der Waals surface area contributed by atoms with Gasteiger partial charge in [-0.3, -0.25) is 18.5 Å². The molecule has 0 saturated carbocycles. The van der Waals surface area contributed by atoms with E-state index in [0.717, 1.165) is 22.9 Å². The molecular formula is C17H18FN3O13P2. The van der Waals surface area contributed by atoms with E-state index >= 15 is 0 Å². The fraction of sp³-hybridized carbons (Fsp3) is 0.353. The first-order valence-electron chi connectivity index (χ1n) is 9.88. The predicted octanol–water partition coefficient (Wildman–Crippen LogP) is -0.816. The molecule has 19 heteroatoms. The van der Waals surface area contributed by atoms with E-state index in [-0.39, 0.29) is 16.7 Å². The molecule has 1 aliphatic heterocycles. The summed E-state index contributed by atoms with van der Waals surface area (Å²) in [5.41, 5.74) is -1.85. The highest BCUT2D eigenvalue weighted by molar-refractivity contribution is 7.60. The van der Waals surface area contributed by atoms with Gasteiger partial charge in [-0.1, -0.05) is 11.2 Å². The fourth-order valence-corrected chi connectivity index (χ4v) is 5.16. The second kappa shape index (κ2) is 9.72. The first-order chi connectivity index (χ1) is 16.8. The molecule has 3 unspecified atom stereocenters. The van der Waals surface area contributed by atoms with Gasteiger partial charge >= 0.3 is 21.3 Å². The monoisotopic (exact) mass is 553 g/mol. The van der Waals surface area contributed by atoms with Crippen LogP contribution in [0.3, 0.4) is 0 Å². The lowest BCUT2D eigenvalue weighted by Gasteiger charge is -2.19. The summed E-state index contributed by atoms with van der Waals surface area (Å²) in [7, 11) is -10.7. The molecule has 16 nitrogen and oxygen atoms in total. The predicted molar refractivity (Wildman–Crippen MR) is 113 cm³/mol. The lowest BCUT2D eigenvalue weighted by atomic mass is 10.1. The first-order valence-corrected chi connectivity index (χ1v) is 12.9. The van der Waals surface area contributed by atoms with Crippen LogP contribution < -0.4 is 11.2 Å². The van der Waals surface area contributed by atoms with E-state index < -0.39 is 70.4 Å². The number of ether oxygens (including phenoxy) is 1. The Morgan fingerprint density at radius 2 is 1.83 bits per heavy atom. The Balaban J connectivity index is 1.58. The zero-order chi connectivity index (χ0) is 26.4. The minimum Gasteiger partial charge on any atom is -0.387 e. The second-order valence-corrected chi connectivity index (χ2v) is 10.4. The molecule has 0 bridgehead atoms. The van der Waals surface area contributed by atoms with Crippen LogP contribution in [0.25, 0.3) is 11.0 Å². The number of fused-ring (bicyclic) bond motifs is 1. The van der Waals surface area contributed by atoms with Crippen molar-refractivity contribution in [3.8, 4) is 0 Å². The Kier molecular flexibility index (Phi) is 7.15. The van der Waals surface area contributed by atoms with Gasteiger partial charge in [-0.2, -0.15) is 4.31 Å². The lowest BCUT2D eigenvalue weighted by molar-refractivity contribution is -0.0547. The zero-order valence-corrected chi connectivity index (χ0v) is 19.5. The van der Waals surface area contributed by atoms with E-state index in [1.165, 1.54) is 12.1 Å². The Morgan fingerprint density at radius 1 is 1.11 bits per heavy atom. The molecule has 1 aliphatic rings. The molecule has 5 atom stereocenters. The van der Waals surface area contributed by atoms with E-state index in [0.29, 0.717) is 4.57 Å². The Hall–Kier alpha value is -2.56. The van der Waals surface area contributed by atoms with Crippen molar-refractivity contribution < 1.29 is 56.5 Å². The van der Waals surface area contributed by atoms with Crippen molar-refractivity contribution in [1.29, 1.82) is 0 Å². The summed E-state index contributed by atoms with van der Waals surface area (Å²) >= 11 is 0. The van der Waals surface area contributed by atoms with Gasteiger partial charge in [0.1, 0.15) is 29.8 Å². The third-order valence-electron chi connectivity index (χ3n) is 5.14. The highest BCUT2D eigenvalue weighted by Crippen LogP contribution is 2.57. The first kappa shape index (κ1) is 26.5. The van der Waals surface area contributed by atoms with Gasteiger partial charge in [-0.05, 0) is 12.1 Å². The van der Waals surface area contributed by atoms with Crippen LogP contribution in [-0.2, 0) is 29.2 Å². The SMILES string of the molecule is O=c1ccn([C@@H]2O[C@H](COP(=O)(O)OP(=O)(O)O)C(O)C2O)c(=O)n1Cc1noc2cccc(F)c12. The molecule has 196 valence electrons. The Bertz CT molecular complexity index is 1500. The van der Waals surface area contributed by atoms with Crippen molar-refractivity contribution >= 4 is 26.6 Å². The number of aliphatic hydroxyl groups is 2. The third kappa shape index (κ3) is 5.40. The third-order valence-corrected chi connectivity index (χ3v) is 7.30. The molecule has 1 aromatic carbocycles. The molecule has 2 aromatic heterocycles. The smallest absolute Gasteiger partial charge is 0.387 e. The highest BCUT2D eigenvalue weighted by atomic mass is 31.3. The van der Waals surface area contributed by atoms with Crippen LogP contribution in [0, 0.1) is 5.82 Å². The van der Waals surface area contributed by atoms with Gasteiger partial charge < -0.3 is 34.2 Å². The molecule has 1 fully saturated rings. The molecule has 4 rings (SSSR count). The summed E-state index contributed by atoms with van der Waals surface area (Å²) in [5.74, 6) is -0.697. The summed E-state index contributed by atoms with van der Waals surface area (Å²) in [4.78, 5) is 52.0. The van der Waals surface area contributed by atoms with Crippen molar-refractivity contribution in [1.82, 2.24) is 14.3 Å². The van der Waals surface area contributed by atoms with Gasteiger partial charge in [0.15, 0.2) is 11.8 Å². The standard InChI is InChI=1S/C17H18FN3O13P2/c18-8-2-1-3-10-13(8)9(19-33-10)6-21-12(22)4-5-20(17(21)25)16-15(24)14(23)11(32-16)7-31-36(29,30)34-35(26,27)28/h1-5,11,14-16,23-24H,6-7H2,(H,29,30)(H2,26,27,28)/t11-,14?,15?,16-/m1/s1. The van der Waals surface area contributed by atoms with Crippen molar-refractivity contribution in [3.63, 3.8) is 0 Å². The number of halogens is 1. The lowest BCUT2D eigenvalue weighted by Crippen LogP contribution is -2.43. The normalized spacial score (nSPS) is 24.3. The quantitative estimate of drug-likeness (QED) is 0.215. The maximum atomic E-state index is 14.2. The number of phosphoric acid groups is 2. The summed E-state index contributed by atoms with van der Waals surface area (Å²) in [6, 6.07) is 4.88. The van der Waals surface area contributed by atoms with E-state index in [4.69, 9.17) is 19.0 Å². The van der Waals surface area contributed by atoms with Crippen molar-refractivity contribution in [2.45, 2.75) is 31.1 Å². The topological polar surface area (TPSA) is 233 Å². The molecule has 0 radical (unpaired) electrons. The average Bonchev–Trinajstić information content (AvgIpc) is 3.30. The van der Waals surface area contributed by atoms with E-state index in [9.17, 15) is 38.2 Å². The van der Waals surface area contributed by atoms with E-state index in [1.807, 2.05) is 0 Å². The van der Waals surface area contributed by atoms with Gasteiger partial charge in [0, 0.05) is 12.3 Å². The number of aromatic nitrogens is 3. The number of benzene rings is 1. The minimum atomic E-state index is -5.40. The summed E-state index contributed by atoms with van der Waals surface area (Å²) in [6.45, 7) is -1.50. The van der Waals surface area contributed by atoms with Crippen LogP contribution >= 0.6 is 15.6 Å². The molecule has 3 aromatic rings. The van der Waals surface area contributed by atoms with Crippen LogP contribution in [0.4, 0.5) is 4.39 Å². The molecule has 5 N–H and O–H groups in total. The molecule has 0 spiro atoms. The van der Waals surface area contributed by atoms with Crippen LogP contribution in [0.1, 0.15) is 11.9 Å². The summed E-state index contributed by atoms with van der Waals surface area (Å²) in [5, 5.41) is 24.2. The van der Waals surface area contributed by atoms with Crippen molar-refractivity contribution in [2.75, 3.05) is 6.61 Å². The number of aliphatic hydroxyl groups excluding tert-OH is 2. The van der Waals surface area contributed by atoms with Gasteiger partial charge in [-0.25, -0.2) is 18.3 Å². The van der Waals surface area contributed by atoms with Gasteiger partial charge in [0.05, 0.1) is 18.5 Å². The second-order valence-electron chi connectivity index (χ2n) is 7.56. The van der Waals surface area contributed by atoms with Crippen LogP contribution in [0.2, 0.25) is 0 Å². The Morgan fingerprint density at radius 3 is 2.53 bits per heavy atom. The van der Waals surface area contributed by atoms with Crippen molar-refractivity contribution in [3.05, 3.63) is 62.8 Å². The Labute approximate surface area is 198 Å². The maximum Gasteiger partial charge on any atom is 0.481 e. The van der Waals surface area contributed by atoms with E-state index in [1.54, 1.807) is 0 Å². The number of phosphoric ester groups is 1. The molecular weight excluding hydrogens is 535 g/mol. The summed E-state index contributed by atoms with van der Waals surface area (Å²) in [6.07, 6.45) is -5.84. The molecule has 1 saturated heterocycles. The van der Waals surface area contributed by atoms with Gasteiger partial charge in [-0.15, -0.1) is 0 Å². The van der Waals surface area contributed by atoms with Gasteiger partial charge in [0.2, 0.25) is 0 Å². The largest absolute Gasteiger partial charge is 0.481 e. The van der Waals surface area contributed by atoms with Gasteiger partial charge in [0.25, 0.3) is 5.56 Å². The molecule has 0 amide bonds. The number of rotatable bonds is 8. The van der Waals surface area contributed by atoms with Crippen LogP contribution in [-0.4, -0.2) is 64.1 Å². The number of nitrogens with zero attached hydrogens (tertiary/aromatic N) is 3. The van der Waals surface area contributed by atoms with E-state index in [2.05, 4.69) is 14.0 Å². The number of hydrogen-bond acceptors (Lipinski definition) is 11. The van der Waals surface area contributed by atoms with Crippen molar-refractivity contribution in [2.24, 2.45) is 0 Å². The molecule has 3 heterocycles. The maximum absolute atomic E-state index is 14.2. The fourth-order valence-electron chi connectivity index (χ4n) is 3.56.